The van der Waals surface area contributed by atoms with Gasteiger partial charge in [-0.3, -0.25) is 20.2 Å². The van der Waals surface area contributed by atoms with Crippen LogP contribution < -0.4 is 9.47 Å². The van der Waals surface area contributed by atoms with E-state index in [2.05, 4.69) is 0 Å². The number of benzene rings is 4. The molecule has 0 aliphatic rings. The number of nitro benzene ring substituents is 2. The molecule has 36 heavy (non-hydrogen) atoms. The molecule has 0 atom stereocenters. The van der Waals surface area contributed by atoms with Crippen molar-refractivity contribution in [3.8, 4) is 33.8 Å². The van der Waals surface area contributed by atoms with Crippen LogP contribution in [0.5, 0.6) is 11.5 Å². The predicted molar refractivity (Wildman–Crippen MR) is 135 cm³/mol. The van der Waals surface area contributed by atoms with E-state index >= 15 is 0 Å². The van der Waals surface area contributed by atoms with Gasteiger partial charge in [0.05, 0.1) is 24.1 Å². The smallest absolute Gasteiger partial charge is 0.323 e. The lowest BCUT2D eigenvalue weighted by Gasteiger charge is -2.18. The Hall–Kier alpha value is -4.41. The molecule has 0 fully saturated rings. The van der Waals surface area contributed by atoms with Gasteiger partial charge in [-0.2, -0.15) is 0 Å². The van der Waals surface area contributed by atoms with E-state index in [1.54, 1.807) is 60.7 Å². The SMILES string of the molecule is COc1ccc([S+]([O-])c2ccc(OC)c([N+](=O)[O-])c2-c2ccccc2)c(-c2ccccc2)c1[N+](=O)[O-]. The molecule has 0 aliphatic carbocycles. The number of rotatable bonds is 8. The monoisotopic (exact) mass is 504 g/mol. The molecule has 0 saturated heterocycles. The van der Waals surface area contributed by atoms with Crippen LogP contribution in [0.25, 0.3) is 22.3 Å². The van der Waals surface area contributed by atoms with Gasteiger partial charge in [-0.05, 0) is 35.4 Å². The van der Waals surface area contributed by atoms with E-state index in [1.165, 1.54) is 38.5 Å². The maximum atomic E-state index is 14.2. The fourth-order valence-electron chi connectivity index (χ4n) is 3.99. The Morgan fingerprint density at radius 2 is 0.972 bits per heavy atom. The first-order chi connectivity index (χ1) is 17.4. The molecule has 0 N–H and O–H groups in total. The highest BCUT2D eigenvalue weighted by Gasteiger charge is 2.36. The van der Waals surface area contributed by atoms with Crippen molar-refractivity contribution < 1.29 is 23.9 Å². The average molecular weight is 505 g/mol. The predicted octanol–water partition coefficient (Wildman–Crippen LogP) is 6.02. The summed E-state index contributed by atoms with van der Waals surface area (Å²) in [4.78, 5) is 23.3. The van der Waals surface area contributed by atoms with Crippen molar-refractivity contribution in [3.63, 3.8) is 0 Å². The second-order valence-corrected chi connectivity index (χ2v) is 8.91. The minimum Gasteiger partial charge on any atom is -0.606 e. The first-order valence-electron chi connectivity index (χ1n) is 10.6. The number of nitrogens with zero attached hydrogens (tertiary/aromatic N) is 2. The third-order valence-corrected chi connectivity index (χ3v) is 7.01. The summed E-state index contributed by atoms with van der Waals surface area (Å²) in [5, 5.41) is 24.2. The summed E-state index contributed by atoms with van der Waals surface area (Å²) in [5.74, 6) is 0.00666. The maximum absolute atomic E-state index is 14.2. The zero-order valence-corrected chi connectivity index (χ0v) is 20.1. The average Bonchev–Trinajstić information content (AvgIpc) is 2.91. The Labute approximate surface area is 209 Å². The largest absolute Gasteiger partial charge is 0.606 e. The molecule has 4 aromatic rings. The fourth-order valence-corrected chi connectivity index (χ4v) is 5.41. The molecule has 0 heterocycles. The highest BCUT2D eigenvalue weighted by atomic mass is 32.2. The highest BCUT2D eigenvalue weighted by Crippen LogP contribution is 2.47. The van der Waals surface area contributed by atoms with E-state index in [9.17, 15) is 24.8 Å². The fraction of sp³-hybridized carbons (Fsp3) is 0.0769. The first-order valence-corrected chi connectivity index (χ1v) is 11.8. The zero-order chi connectivity index (χ0) is 25.8. The van der Waals surface area contributed by atoms with Gasteiger partial charge in [0.15, 0.2) is 21.3 Å². The van der Waals surface area contributed by atoms with Crippen LogP contribution >= 0.6 is 0 Å². The van der Waals surface area contributed by atoms with Crippen molar-refractivity contribution in [1.29, 1.82) is 0 Å². The van der Waals surface area contributed by atoms with Gasteiger partial charge in [0.1, 0.15) is 11.1 Å². The van der Waals surface area contributed by atoms with E-state index in [1.807, 2.05) is 0 Å². The summed E-state index contributed by atoms with van der Waals surface area (Å²) in [6.07, 6.45) is 0. The Balaban J connectivity index is 2.07. The van der Waals surface area contributed by atoms with E-state index in [4.69, 9.17) is 9.47 Å². The molecule has 0 radical (unpaired) electrons. The molecule has 0 amide bonds. The first kappa shape index (κ1) is 24.7. The van der Waals surface area contributed by atoms with Crippen molar-refractivity contribution in [1.82, 2.24) is 0 Å². The molecule has 0 saturated carbocycles. The van der Waals surface area contributed by atoms with Crippen molar-refractivity contribution in [3.05, 3.63) is 105 Å². The van der Waals surface area contributed by atoms with Gasteiger partial charge >= 0.3 is 11.4 Å². The third-order valence-electron chi connectivity index (χ3n) is 5.53. The second kappa shape index (κ2) is 10.5. The van der Waals surface area contributed by atoms with Crippen molar-refractivity contribution in [2.24, 2.45) is 0 Å². The lowest BCUT2D eigenvalue weighted by Crippen LogP contribution is -2.10. The molecule has 0 bridgehead atoms. The number of methoxy groups -OCH3 is 2. The van der Waals surface area contributed by atoms with Crippen molar-refractivity contribution >= 4 is 22.6 Å². The van der Waals surface area contributed by atoms with Crippen LogP contribution in [0, 0.1) is 20.2 Å². The Kier molecular flexibility index (Phi) is 7.18. The minimum absolute atomic E-state index is 0.00333. The molecule has 0 unspecified atom stereocenters. The molecule has 0 spiro atoms. The van der Waals surface area contributed by atoms with Gasteiger partial charge in [-0.15, -0.1) is 0 Å². The molecule has 10 heteroatoms. The van der Waals surface area contributed by atoms with Gasteiger partial charge in [0.2, 0.25) is 0 Å². The summed E-state index contributed by atoms with van der Waals surface area (Å²) in [6, 6.07) is 22.7. The van der Waals surface area contributed by atoms with Gasteiger partial charge in [0.25, 0.3) is 0 Å². The minimum atomic E-state index is -2.07. The lowest BCUT2D eigenvalue weighted by molar-refractivity contribution is -0.385. The van der Waals surface area contributed by atoms with E-state index < -0.39 is 21.0 Å². The lowest BCUT2D eigenvalue weighted by atomic mass is 10.0. The molecule has 4 rings (SSSR count). The van der Waals surface area contributed by atoms with Gasteiger partial charge in [-0.25, -0.2) is 0 Å². The van der Waals surface area contributed by atoms with Crippen LogP contribution in [-0.4, -0.2) is 28.6 Å². The maximum Gasteiger partial charge on any atom is 0.323 e. The quantitative estimate of drug-likeness (QED) is 0.163. The molecule has 0 aliphatic heterocycles. The zero-order valence-electron chi connectivity index (χ0n) is 19.2. The summed E-state index contributed by atoms with van der Waals surface area (Å²) >= 11 is -2.07. The van der Waals surface area contributed by atoms with Gasteiger partial charge < -0.3 is 14.0 Å². The topological polar surface area (TPSA) is 128 Å². The summed E-state index contributed by atoms with van der Waals surface area (Å²) in [6.45, 7) is 0. The molecule has 0 aromatic heterocycles. The Bertz CT molecular complexity index is 1320. The standard InChI is InChI=1S/C26H20N2O7S/c1-34-19-13-15-21(23(25(19)27(29)30)17-9-5-3-6-10-17)36(33)22-16-14-20(35-2)26(28(31)32)24(22)18-11-7-4-8-12-18/h3-16H,1-2H3. The van der Waals surface area contributed by atoms with Crippen LogP contribution in [-0.2, 0) is 11.2 Å². The number of nitro groups is 2. The van der Waals surface area contributed by atoms with E-state index in [0.717, 1.165) is 0 Å². The summed E-state index contributed by atoms with van der Waals surface area (Å²) in [5.41, 5.74) is 0.427. The van der Waals surface area contributed by atoms with Crippen molar-refractivity contribution in [2.75, 3.05) is 14.2 Å². The molecule has 4 aromatic carbocycles. The van der Waals surface area contributed by atoms with Crippen LogP contribution in [0.3, 0.4) is 0 Å². The molecule has 9 nitrogen and oxygen atoms in total. The van der Waals surface area contributed by atoms with Crippen LogP contribution in [0.4, 0.5) is 11.4 Å². The number of hydrogen-bond donors (Lipinski definition) is 0. The van der Waals surface area contributed by atoms with Crippen LogP contribution in [0.15, 0.2) is 94.7 Å². The normalized spacial score (nSPS) is 10.8. The van der Waals surface area contributed by atoms with E-state index in [-0.39, 0.29) is 43.8 Å². The van der Waals surface area contributed by atoms with Crippen LogP contribution in [0.1, 0.15) is 0 Å². The highest BCUT2D eigenvalue weighted by molar-refractivity contribution is 7.91. The molecular formula is C26H20N2O7S. The Morgan fingerprint density at radius 1 is 0.611 bits per heavy atom. The van der Waals surface area contributed by atoms with Gasteiger partial charge in [0, 0.05) is 11.2 Å². The second-order valence-electron chi connectivity index (χ2n) is 7.49. The van der Waals surface area contributed by atoms with Gasteiger partial charge in [-0.1, -0.05) is 60.7 Å². The van der Waals surface area contributed by atoms with Crippen molar-refractivity contribution in [2.45, 2.75) is 9.79 Å². The number of hydrogen-bond acceptors (Lipinski definition) is 7. The Morgan fingerprint density at radius 3 is 1.28 bits per heavy atom. The van der Waals surface area contributed by atoms with Crippen LogP contribution in [0.2, 0.25) is 0 Å². The number of ether oxygens (including phenoxy) is 2. The molecular weight excluding hydrogens is 484 g/mol. The summed E-state index contributed by atoms with van der Waals surface area (Å²) in [7, 11) is 2.63. The summed E-state index contributed by atoms with van der Waals surface area (Å²) < 4.78 is 24.6. The molecule has 182 valence electrons. The van der Waals surface area contributed by atoms with E-state index in [0.29, 0.717) is 11.1 Å². The third kappa shape index (κ3) is 4.47.